The van der Waals surface area contributed by atoms with E-state index in [1.54, 1.807) is 24.4 Å². The normalized spacial score (nSPS) is 12.4. The SMILES string of the molecule is Cc1cccc(NC(=O)Nc2cc(C(C=NC(C)(C)C)=C(N)c3ccnc(N)n3)ccc2F)c1. The second kappa shape index (κ2) is 10.1. The van der Waals surface area contributed by atoms with Crippen molar-refractivity contribution in [1.82, 2.24) is 9.97 Å². The molecular weight excluding hydrogens is 433 g/mol. The summed E-state index contributed by atoms with van der Waals surface area (Å²) in [6.45, 7) is 7.72. The molecule has 8 nitrogen and oxygen atoms in total. The molecule has 3 aromatic rings. The summed E-state index contributed by atoms with van der Waals surface area (Å²) in [6, 6.07) is 12.6. The Labute approximate surface area is 198 Å². The average Bonchev–Trinajstić information content (AvgIpc) is 2.75. The number of nitrogen functional groups attached to an aromatic ring is 1. The van der Waals surface area contributed by atoms with Gasteiger partial charge in [-0.1, -0.05) is 18.2 Å². The minimum absolute atomic E-state index is 0.0145. The average molecular weight is 462 g/mol. The number of hydrogen-bond acceptors (Lipinski definition) is 6. The number of aryl methyl sites for hydroxylation is 1. The zero-order chi connectivity index (χ0) is 24.9. The molecule has 0 fully saturated rings. The number of anilines is 3. The van der Waals surface area contributed by atoms with Crippen LogP contribution < -0.4 is 22.1 Å². The molecule has 0 radical (unpaired) electrons. The van der Waals surface area contributed by atoms with E-state index in [2.05, 4.69) is 25.6 Å². The number of aliphatic imine (C=N–C) groups is 1. The molecule has 34 heavy (non-hydrogen) atoms. The lowest BCUT2D eigenvalue weighted by Crippen LogP contribution is -2.20. The lowest BCUT2D eigenvalue weighted by atomic mass is 10.0. The standard InChI is InChI=1S/C25H28FN7O/c1-15-6-5-7-17(12-15)31-24(34)33-21-13-16(8-9-19(21)26)18(14-30-25(2,3)4)22(27)20-10-11-29-23(28)32-20/h5-14H,27H2,1-4H3,(H2,28,29,32)(H2,31,33,34). The molecule has 3 rings (SSSR count). The largest absolute Gasteiger partial charge is 0.396 e. The minimum atomic E-state index is -0.597. The van der Waals surface area contributed by atoms with Crippen LogP contribution in [-0.2, 0) is 0 Å². The molecule has 2 amide bonds. The lowest BCUT2D eigenvalue weighted by molar-refractivity contribution is 0.262. The molecule has 176 valence electrons. The van der Waals surface area contributed by atoms with Crippen molar-refractivity contribution in [3.05, 3.63) is 77.4 Å². The summed E-state index contributed by atoms with van der Waals surface area (Å²) in [4.78, 5) is 25.1. The predicted molar refractivity (Wildman–Crippen MR) is 136 cm³/mol. The van der Waals surface area contributed by atoms with Gasteiger partial charge >= 0.3 is 6.03 Å². The van der Waals surface area contributed by atoms with E-state index in [-0.39, 0.29) is 22.9 Å². The Morgan fingerprint density at radius 3 is 2.56 bits per heavy atom. The number of benzene rings is 2. The number of rotatable bonds is 5. The van der Waals surface area contributed by atoms with E-state index >= 15 is 0 Å². The van der Waals surface area contributed by atoms with E-state index in [4.69, 9.17) is 11.5 Å². The second-order valence-corrected chi connectivity index (χ2v) is 8.70. The summed E-state index contributed by atoms with van der Waals surface area (Å²) >= 11 is 0. The number of aromatic nitrogens is 2. The van der Waals surface area contributed by atoms with Gasteiger partial charge in [0.1, 0.15) is 5.82 Å². The number of nitrogens with two attached hydrogens (primary N) is 2. The fourth-order valence-electron chi connectivity index (χ4n) is 3.02. The molecule has 0 saturated heterocycles. The fourth-order valence-corrected chi connectivity index (χ4v) is 3.02. The Morgan fingerprint density at radius 2 is 1.88 bits per heavy atom. The Morgan fingerprint density at radius 1 is 1.12 bits per heavy atom. The topological polar surface area (TPSA) is 131 Å². The number of halogens is 1. The first-order valence-corrected chi connectivity index (χ1v) is 10.6. The van der Waals surface area contributed by atoms with Gasteiger partial charge in [-0.3, -0.25) is 4.99 Å². The number of nitrogens with zero attached hydrogens (tertiary/aromatic N) is 3. The van der Waals surface area contributed by atoms with Crippen molar-refractivity contribution in [2.75, 3.05) is 16.4 Å². The van der Waals surface area contributed by atoms with Gasteiger partial charge in [0.25, 0.3) is 0 Å². The van der Waals surface area contributed by atoms with Crippen LogP contribution in [-0.4, -0.2) is 27.8 Å². The van der Waals surface area contributed by atoms with E-state index in [0.717, 1.165) is 5.56 Å². The van der Waals surface area contributed by atoms with Crippen molar-refractivity contribution in [3.8, 4) is 0 Å². The molecule has 0 bridgehead atoms. The Balaban J connectivity index is 1.99. The molecule has 2 aromatic carbocycles. The van der Waals surface area contributed by atoms with Gasteiger partial charge < -0.3 is 22.1 Å². The maximum atomic E-state index is 14.6. The Kier molecular flexibility index (Phi) is 7.25. The molecule has 1 heterocycles. The third-order valence-corrected chi connectivity index (χ3v) is 4.62. The van der Waals surface area contributed by atoms with Crippen molar-refractivity contribution in [3.63, 3.8) is 0 Å². The molecule has 9 heteroatoms. The fraction of sp³-hybridized carbons (Fsp3) is 0.200. The molecular formula is C25H28FN7O. The van der Waals surface area contributed by atoms with Crippen LogP contribution in [0.5, 0.6) is 0 Å². The van der Waals surface area contributed by atoms with E-state index in [1.807, 2.05) is 45.9 Å². The van der Waals surface area contributed by atoms with E-state index in [1.165, 1.54) is 18.3 Å². The highest BCUT2D eigenvalue weighted by atomic mass is 19.1. The highest BCUT2D eigenvalue weighted by molar-refractivity contribution is 6.19. The molecule has 0 aliphatic rings. The molecule has 0 aliphatic heterocycles. The quantitative estimate of drug-likeness (QED) is 0.404. The van der Waals surface area contributed by atoms with Crippen molar-refractivity contribution in [1.29, 1.82) is 0 Å². The van der Waals surface area contributed by atoms with Crippen molar-refractivity contribution >= 4 is 40.8 Å². The third kappa shape index (κ3) is 6.61. The summed E-state index contributed by atoms with van der Waals surface area (Å²) in [5.74, 6) is -0.526. The Bertz CT molecular complexity index is 1260. The zero-order valence-electron chi connectivity index (χ0n) is 19.6. The first kappa shape index (κ1) is 24.4. The van der Waals surface area contributed by atoms with Crippen LogP contribution in [0.2, 0.25) is 0 Å². The maximum absolute atomic E-state index is 14.6. The molecule has 1 aromatic heterocycles. The molecule has 0 atom stereocenters. The number of urea groups is 1. The number of hydrogen-bond donors (Lipinski definition) is 4. The van der Waals surface area contributed by atoms with Crippen molar-refractivity contribution in [2.24, 2.45) is 10.7 Å². The molecule has 6 N–H and O–H groups in total. The van der Waals surface area contributed by atoms with Gasteiger partial charge in [0.2, 0.25) is 5.95 Å². The monoisotopic (exact) mass is 461 g/mol. The van der Waals surface area contributed by atoms with Crippen LogP contribution in [0.1, 0.15) is 37.6 Å². The summed E-state index contributed by atoms with van der Waals surface area (Å²) in [6.07, 6.45) is 3.10. The van der Waals surface area contributed by atoms with Gasteiger partial charge in [0.05, 0.1) is 22.6 Å². The number of carbonyl (C=O) groups is 1. The van der Waals surface area contributed by atoms with Gasteiger partial charge in [0.15, 0.2) is 0 Å². The van der Waals surface area contributed by atoms with Crippen molar-refractivity contribution in [2.45, 2.75) is 33.2 Å². The van der Waals surface area contributed by atoms with Crippen LogP contribution in [0, 0.1) is 12.7 Å². The van der Waals surface area contributed by atoms with Gasteiger partial charge in [0, 0.05) is 23.7 Å². The molecule has 0 saturated carbocycles. The van der Waals surface area contributed by atoms with Crippen LogP contribution in [0.3, 0.4) is 0 Å². The lowest BCUT2D eigenvalue weighted by Gasteiger charge is -2.15. The van der Waals surface area contributed by atoms with E-state index in [9.17, 15) is 9.18 Å². The van der Waals surface area contributed by atoms with Crippen LogP contribution in [0.15, 0.2) is 59.7 Å². The summed E-state index contributed by atoms with van der Waals surface area (Å²) in [5, 5.41) is 5.25. The highest BCUT2D eigenvalue weighted by Crippen LogP contribution is 2.26. The Hall–Kier alpha value is -4.27. The maximum Gasteiger partial charge on any atom is 0.323 e. The number of allylic oxidation sites excluding steroid dienone is 1. The number of carbonyl (C=O) groups excluding carboxylic acids is 1. The van der Waals surface area contributed by atoms with Gasteiger partial charge in [-0.15, -0.1) is 0 Å². The summed E-state index contributed by atoms with van der Waals surface area (Å²) < 4.78 is 14.6. The first-order chi connectivity index (χ1) is 16.0. The smallest absolute Gasteiger partial charge is 0.323 e. The molecule has 0 aliphatic carbocycles. The van der Waals surface area contributed by atoms with Gasteiger partial charge in [-0.05, 0) is 69.2 Å². The second-order valence-electron chi connectivity index (χ2n) is 8.70. The van der Waals surface area contributed by atoms with E-state index in [0.29, 0.717) is 22.5 Å². The molecule has 0 spiro atoms. The highest BCUT2D eigenvalue weighted by Gasteiger charge is 2.15. The van der Waals surface area contributed by atoms with Gasteiger partial charge in [-0.2, -0.15) is 0 Å². The minimum Gasteiger partial charge on any atom is -0.396 e. The van der Waals surface area contributed by atoms with Crippen LogP contribution in [0.25, 0.3) is 11.3 Å². The number of amides is 2. The predicted octanol–water partition coefficient (Wildman–Crippen LogP) is 4.85. The van der Waals surface area contributed by atoms with Gasteiger partial charge in [-0.25, -0.2) is 19.2 Å². The van der Waals surface area contributed by atoms with Crippen LogP contribution in [0.4, 0.5) is 26.5 Å². The molecule has 0 unspecified atom stereocenters. The zero-order valence-corrected chi connectivity index (χ0v) is 19.6. The van der Waals surface area contributed by atoms with Crippen molar-refractivity contribution < 1.29 is 9.18 Å². The summed E-state index contributed by atoms with van der Waals surface area (Å²) in [7, 11) is 0. The first-order valence-electron chi connectivity index (χ1n) is 10.6. The van der Waals surface area contributed by atoms with Crippen LogP contribution >= 0.6 is 0 Å². The third-order valence-electron chi connectivity index (χ3n) is 4.62. The van der Waals surface area contributed by atoms with E-state index < -0.39 is 11.8 Å². The number of nitrogens with one attached hydrogen (secondary N) is 2. The summed E-state index contributed by atoms with van der Waals surface area (Å²) in [5.41, 5.74) is 15.0.